The van der Waals surface area contributed by atoms with E-state index >= 15 is 0 Å². The Hall–Kier alpha value is 0.239. The molecule has 0 aromatic heterocycles. The molecule has 0 rings (SSSR count). The van der Waals surface area contributed by atoms with Gasteiger partial charge in [-0.3, -0.25) is 0 Å². The van der Waals surface area contributed by atoms with Gasteiger partial charge in [-0.25, -0.2) is 4.79 Å². The van der Waals surface area contributed by atoms with Gasteiger partial charge in [-0.05, 0) is 0 Å². The summed E-state index contributed by atoms with van der Waals surface area (Å²) in [5, 5.41) is 0. The van der Waals surface area contributed by atoms with Crippen LogP contribution in [0, 0.1) is 0 Å². The van der Waals surface area contributed by atoms with Gasteiger partial charge >= 0.3 is 13.5 Å². The van der Waals surface area contributed by atoms with Crippen molar-refractivity contribution in [3.05, 3.63) is 12.7 Å². The van der Waals surface area contributed by atoms with Crippen LogP contribution in [0.2, 0.25) is 0 Å². The normalized spacial score (nSPS) is 9.67. The predicted molar refractivity (Wildman–Crippen MR) is 28.8 cm³/mol. The third kappa shape index (κ3) is 4.72. The van der Waals surface area contributed by atoms with Gasteiger partial charge in [-0.2, -0.15) is 14.7 Å². The van der Waals surface area contributed by atoms with Gasteiger partial charge in [0.25, 0.3) is 0 Å². The molecule has 57 valence electrons. The van der Waals surface area contributed by atoms with Gasteiger partial charge in [0, 0.05) is 23.1 Å². The minimum atomic E-state index is -4.26. The number of carbonyl (C=O) groups is 1. The van der Waals surface area contributed by atoms with E-state index in [1.165, 1.54) is 0 Å². The maximum atomic E-state index is 10.0. The molecule has 0 atom stereocenters. The van der Waals surface area contributed by atoms with Crippen LogP contribution >= 0.6 is 7.94 Å². The smallest absolute Gasteiger partial charge is 0.238 e. The van der Waals surface area contributed by atoms with Crippen molar-refractivity contribution in [3.8, 4) is 0 Å². The number of allylic oxidation sites excluding steroid dienone is 1. The first-order valence-electron chi connectivity index (χ1n) is 1.72. The molecule has 0 aromatic rings. The molecular weight excluding hydrogens is 195 g/mol. The van der Waals surface area contributed by atoms with Crippen LogP contribution in [0.15, 0.2) is 12.7 Å². The van der Waals surface area contributed by atoms with Crippen LogP contribution in [0.1, 0.15) is 0 Å². The second-order valence-electron chi connectivity index (χ2n) is 1.11. The van der Waals surface area contributed by atoms with Gasteiger partial charge in [0.15, 0.2) is 0 Å². The van der Waals surface area contributed by atoms with Gasteiger partial charge in [0.05, 0.1) is 0 Å². The summed E-state index contributed by atoms with van der Waals surface area (Å²) in [6.45, 7) is 2.93. The number of hydrogen-bond acceptors (Lipinski definition) is 4. The molecule has 0 bridgehead atoms. The maximum Gasteiger partial charge on any atom is 0.483 e. The van der Waals surface area contributed by atoms with Crippen molar-refractivity contribution in [3.63, 3.8) is 0 Å². The van der Waals surface area contributed by atoms with Crippen molar-refractivity contribution >= 4 is 13.5 Å². The quantitative estimate of drug-likeness (QED) is 0.317. The fraction of sp³-hybridized carbons (Fsp3) is 0. The van der Waals surface area contributed by atoms with E-state index in [0.717, 1.165) is 0 Å². The molecule has 0 unspecified atom stereocenters. The molecule has 0 aliphatic carbocycles. The van der Waals surface area contributed by atoms with E-state index < -0.39 is 13.5 Å². The van der Waals surface area contributed by atoms with E-state index in [1.807, 2.05) is 0 Å². The molecule has 3 N–H and O–H groups in total. The molecule has 9 heavy (non-hydrogen) atoms. The van der Waals surface area contributed by atoms with Crippen LogP contribution in [0.4, 0.5) is 0 Å². The van der Waals surface area contributed by atoms with Crippen molar-refractivity contribution in [2.24, 2.45) is 0 Å². The number of hydrogen-bond donors (Lipinski definition) is 3. The second kappa shape index (κ2) is 4.12. The Kier molecular flexibility index (Phi) is 5.48. The topological polar surface area (TPSA) is 77.8 Å². The Morgan fingerprint density at radius 2 is 1.78 bits per heavy atom. The van der Waals surface area contributed by atoms with E-state index in [0.29, 0.717) is 6.08 Å². The number of rotatable bonds is 2. The van der Waals surface area contributed by atoms with Crippen LogP contribution in [-0.4, -0.2) is 20.2 Å². The maximum absolute atomic E-state index is 10.0. The molecule has 0 aromatic carbocycles. The largest absolute Gasteiger partial charge is 0.483 e. The van der Waals surface area contributed by atoms with Crippen LogP contribution in [0.25, 0.3) is 0 Å². The standard InChI is InChI=1S/C3H6O4P.Cu/c1-2-3(4)8(5,6)7;/h2,5-7H,1H2;/q+1;. The van der Waals surface area contributed by atoms with Crippen LogP contribution in [0.3, 0.4) is 0 Å². The second-order valence-corrected chi connectivity index (χ2v) is 2.69. The molecule has 0 saturated heterocycles. The van der Waals surface area contributed by atoms with E-state index in [2.05, 4.69) is 6.58 Å². The Morgan fingerprint density at radius 1 is 1.44 bits per heavy atom. The predicted octanol–water partition coefficient (Wildman–Crippen LogP) is -0.564. The Bertz CT molecular complexity index is 117. The van der Waals surface area contributed by atoms with Gasteiger partial charge in [-0.1, -0.05) is 6.58 Å². The Balaban J connectivity index is 0. The van der Waals surface area contributed by atoms with Gasteiger partial charge in [0.2, 0.25) is 0 Å². The summed E-state index contributed by atoms with van der Waals surface area (Å²) in [4.78, 5) is 34.3. The molecule has 0 saturated carbocycles. The molecule has 0 heterocycles. The zero-order valence-corrected chi connectivity index (χ0v) is 6.12. The molecule has 0 spiro atoms. The van der Waals surface area contributed by atoms with Crippen LogP contribution in [0.5, 0.6) is 0 Å². The van der Waals surface area contributed by atoms with Crippen molar-refractivity contribution in [2.75, 3.05) is 0 Å². The first-order valence-corrected chi connectivity index (χ1v) is 3.37. The fourth-order valence-electron chi connectivity index (χ4n) is 0.122. The summed E-state index contributed by atoms with van der Waals surface area (Å²) >= 11 is 0. The summed E-state index contributed by atoms with van der Waals surface area (Å²) < 4.78 is 0. The van der Waals surface area contributed by atoms with Crippen molar-refractivity contribution < 1.29 is 36.5 Å². The molecule has 4 nitrogen and oxygen atoms in total. The SMILES string of the molecule is C=CC(=O)[P+](O)(O)O.[Cu]. The third-order valence-electron chi connectivity index (χ3n) is 0.470. The molecular formula is C3H6CuO4P+. The molecule has 1 radical (unpaired) electrons. The zero-order valence-electron chi connectivity index (χ0n) is 4.28. The third-order valence-corrected chi connectivity index (χ3v) is 1.24. The van der Waals surface area contributed by atoms with E-state index in [9.17, 15) is 4.79 Å². The van der Waals surface area contributed by atoms with Gasteiger partial charge in [0.1, 0.15) is 0 Å². The molecule has 0 fully saturated rings. The Morgan fingerprint density at radius 3 is 1.78 bits per heavy atom. The number of carbonyl (C=O) groups excluding carboxylic acids is 1. The van der Waals surface area contributed by atoms with E-state index in [1.54, 1.807) is 0 Å². The monoisotopic (exact) mass is 200 g/mol. The minimum absolute atomic E-state index is 0. The minimum Gasteiger partial charge on any atom is -0.238 e. The van der Waals surface area contributed by atoms with Crippen LogP contribution < -0.4 is 0 Å². The summed E-state index contributed by atoms with van der Waals surface area (Å²) in [7, 11) is -4.26. The van der Waals surface area contributed by atoms with Crippen LogP contribution in [-0.2, 0) is 21.9 Å². The molecule has 0 aliphatic heterocycles. The average molecular weight is 201 g/mol. The van der Waals surface area contributed by atoms with Gasteiger partial charge < -0.3 is 0 Å². The summed E-state index contributed by atoms with van der Waals surface area (Å²) in [6, 6.07) is 0. The van der Waals surface area contributed by atoms with Crippen molar-refractivity contribution in [2.45, 2.75) is 0 Å². The average Bonchev–Trinajstić information content (AvgIpc) is 1.62. The first kappa shape index (κ1) is 12.0. The summed E-state index contributed by atoms with van der Waals surface area (Å²) in [6.07, 6.45) is 0.660. The Labute approximate surface area is 63.3 Å². The van der Waals surface area contributed by atoms with E-state index in [4.69, 9.17) is 14.7 Å². The van der Waals surface area contributed by atoms with Crippen molar-refractivity contribution in [1.82, 2.24) is 0 Å². The van der Waals surface area contributed by atoms with Crippen molar-refractivity contribution in [1.29, 1.82) is 0 Å². The van der Waals surface area contributed by atoms with Gasteiger partial charge in [-0.15, -0.1) is 0 Å². The summed E-state index contributed by atoms with van der Waals surface area (Å²) in [5.74, 6) is 0. The molecule has 0 aliphatic rings. The fourth-order valence-corrected chi connectivity index (χ4v) is 0.367. The zero-order chi connectivity index (χ0) is 6.78. The summed E-state index contributed by atoms with van der Waals surface area (Å²) in [5.41, 5.74) is -1.13. The first-order chi connectivity index (χ1) is 3.48. The van der Waals surface area contributed by atoms with E-state index in [-0.39, 0.29) is 17.1 Å². The molecule has 6 heteroatoms. The molecule has 0 amide bonds.